The summed E-state index contributed by atoms with van der Waals surface area (Å²) in [6.07, 6.45) is 0. The molecular weight excluding hydrogens is 749 g/mol. The normalized spacial score (nSPS) is 11.3. The van der Waals surface area contributed by atoms with Crippen molar-refractivity contribution in [2.45, 2.75) is 0 Å². The second kappa shape index (κ2) is 15.2. The Morgan fingerprint density at radius 2 is 0.817 bits per heavy atom. The van der Waals surface area contributed by atoms with E-state index in [9.17, 15) is 0 Å². The van der Waals surface area contributed by atoms with Crippen LogP contribution in [0.5, 0.6) is 0 Å². The fourth-order valence-corrected chi connectivity index (χ4v) is 9.48. The minimum atomic E-state index is 0.648. The molecule has 0 amide bonds. The van der Waals surface area contributed by atoms with Gasteiger partial charge in [-0.25, -0.2) is 15.0 Å². The standard InChI is InChI=1S/C55H36N4S/c1-5-17-37(18-6-1)40-23-15-26-42(35-40)59(41-24-11-4-12-25-41)43-31-32-49-51(36-43)60-50-30-16-29-47(52(49)50)46-33-34-48(45-28-14-13-27-44(45)46)55-57-53(38-19-7-2-8-20-38)56-54(58-55)39-21-9-3-10-22-39/h1-36H. The van der Waals surface area contributed by atoms with Gasteiger partial charge < -0.3 is 4.90 Å². The lowest BCUT2D eigenvalue weighted by atomic mass is 9.92. The Bertz CT molecular complexity index is 3250. The van der Waals surface area contributed by atoms with Gasteiger partial charge in [-0.05, 0) is 81.6 Å². The number of fused-ring (bicyclic) bond motifs is 4. The third-order valence-electron chi connectivity index (χ3n) is 11.1. The van der Waals surface area contributed by atoms with Gasteiger partial charge in [0, 0.05) is 53.9 Å². The molecule has 0 spiro atoms. The zero-order valence-corrected chi connectivity index (χ0v) is 33.3. The molecule has 2 heterocycles. The Hall–Kier alpha value is -7.73. The third kappa shape index (κ3) is 6.48. The van der Waals surface area contributed by atoms with Crippen LogP contribution in [0.25, 0.3) is 87.4 Å². The fourth-order valence-electron chi connectivity index (χ4n) is 8.32. The first-order chi connectivity index (χ1) is 29.7. The molecule has 0 saturated heterocycles. The Labute approximate surface area is 352 Å². The molecule has 0 saturated carbocycles. The fraction of sp³-hybridized carbons (Fsp3) is 0. The van der Waals surface area contributed by atoms with E-state index in [1.54, 1.807) is 0 Å². The van der Waals surface area contributed by atoms with Gasteiger partial charge in [-0.15, -0.1) is 11.3 Å². The zero-order chi connectivity index (χ0) is 39.8. The highest BCUT2D eigenvalue weighted by molar-refractivity contribution is 7.26. The summed E-state index contributed by atoms with van der Waals surface area (Å²) in [6.45, 7) is 0. The van der Waals surface area contributed by atoms with Crippen molar-refractivity contribution < 1.29 is 0 Å². The molecule has 4 nitrogen and oxygen atoms in total. The highest BCUT2D eigenvalue weighted by atomic mass is 32.1. The van der Waals surface area contributed by atoms with E-state index >= 15 is 0 Å². The van der Waals surface area contributed by atoms with Crippen molar-refractivity contribution in [1.82, 2.24) is 15.0 Å². The van der Waals surface area contributed by atoms with Gasteiger partial charge in [0.05, 0.1) is 0 Å². The van der Waals surface area contributed by atoms with E-state index in [0.717, 1.165) is 44.5 Å². The van der Waals surface area contributed by atoms with E-state index in [4.69, 9.17) is 15.0 Å². The summed E-state index contributed by atoms with van der Waals surface area (Å²) >= 11 is 1.84. The number of thiophene rings is 1. The lowest BCUT2D eigenvalue weighted by molar-refractivity contribution is 1.08. The van der Waals surface area contributed by atoms with E-state index in [0.29, 0.717) is 17.5 Å². The van der Waals surface area contributed by atoms with Crippen LogP contribution in [0.15, 0.2) is 218 Å². The monoisotopic (exact) mass is 784 g/mol. The van der Waals surface area contributed by atoms with Crippen LogP contribution in [0.3, 0.4) is 0 Å². The number of nitrogens with zero attached hydrogens (tertiary/aromatic N) is 4. The Balaban J connectivity index is 1.04. The SMILES string of the molecule is c1ccc(-c2cccc(N(c3ccccc3)c3ccc4c(c3)sc3cccc(-c5ccc(-c6nc(-c7ccccc7)nc(-c7ccccc7)n6)c6ccccc56)c34)c2)cc1. The van der Waals surface area contributed by atoms with Gasteiger partial charge in [-0.2, -0.15) is 0 Å². The molecule has 282 valence electrons. The molecule has 5 heteroatoms. The highest BCUT2D eigenvalue weighted by Gasteiger charge is 2.20. The lowest BCUT2D eigenvalue weighted by Gasteiger charge is -2.26. The number of benzene rings is 9. The first kappa shape index (κ1) is 35.4. The van der Waals surface area contributed by atoms with Crippen LogP contribution in [0.2, 0.25) is 0 Å². The second-order valence-electron chi connectivity index (χ2n) is 14.8. The predicted octanol–water partition coefficient (Wildman–Crippen LogP) is 15.2. The average Bonchev–Trinajstić information content (AvgIpc) is 3.71. The molecule has 0 N–H and O–H groups in total. The maximum atomic E-state index is 5.10. The zero-order valence-electron chi connectivity index (χ0n) is 32.5. The first-order valence-electron chi connectivity index (χ1n) is 20.1. The van der Waals surface area contributed by atoms with Gasteiger partial charge in [-0.1, -0.05) is 170 Å². The van der Waals surface area contributed by atoms with Gasteiger partial charge >= 0.3 is 0 Å². The van der Waals surface area contributed by atoms with Gasteiger partial charge in [0.1, 0.15) is 0 Å². The third-order valence-corrected chi connectivity index (χ3v) is 12.2. The van der Waals surface area contributed by atoms with Gasteiger partial charge in [0.15, 0.2) is 17.5 Å². The largest absolute Gasteiger partial charge is 0.310 e. The van der Waals surface area contributed by atoms with Crippen LogP contribution >= 0.6 is 11.3 Å². The van der Waals surface area contributed by atoms with Crippen molar-refractivity contribution in [3.63, 3.8) is 0 Å². The molecule has 0 radical (unpaired) electrons. The van der Waals surface area contributed by atoms with Gasteiger partial charge in [-0.3, -0.25) is 0 Å². The van der Waals surface area contributed by atoms with Crippen molar-refractivity contribution in [2.75, 3.05) is 4.90 Å². The Morgan fingerprint density at radius 3 is 1.50 bits per heavy atom. The highest BCUT2D eigenvalue weighted by Crippen LogP contribution is 2.46. The minimum absolute atomic E-state index is 0.648. The summed E-state index contributed by atoms with van der Waals surface area (Å²) in [6, 6.07) is 77.0. The second-order valence-corrected chi connectivity index (χ2v) is 15.9. The maximum Gasteiger partial charge on any atom is 0.164 e. The Morgan fingerprint density at radius 1 is 0.300 bits per heavy atom. The van der Waals surface area contributed by atoms with Crippen LogP contribution in [0.1, 0.15) is 0 Å². The van der Waals surface area contributed by atoms with Gasteiger partial charge in [0.25, 0.3) is 0 Å². The predicted molar refractivity (Wildman–Crippen MR) is 252 cm³/mol. The van der Waals surface area contributed by atoms with Crippen LogP contribution in [0.4, 0.5) is 17.1 Å². The molecule has 0 aliphatic heterocycles. The topological polar surface area (TPSA) is 41.9 Å². The van der Waals surface area contributed by atoms with Crippen molar-refractivity contribution >= 4 is 59.3 Å². The molecule has 60 heavy (non-hydrogen) atoms. The van der Waals surface area contributed by atoms with Gasteiger partial charge in [0.2, 0.25) is 0 Å². The summed E-state index contributed by atoms with van der Waals surface area (Å²) in [5.74, 6) is 1.95. The molecule has 0 aliphatic rings. The average molecular weight is 785 g/mol. The molecule has 0 fully saturated rings. The van der Waals surface area contributed by atoms with Crippen LogP contribution < -0.4 is 4.90 Å². The van der Waals surface area contributed by atoms with Crippen LogP contribution in [-0.2, 0) is 0 Å². The van der Waals surface area contributed by atoms with E-state index in [1.807, 2.05) is 72.0 Å². The molecule has 11 aromatic rings. The number of hydrogen-bond acceptors (Lipinski definition) is 5. The summed E-state index contributed by atoms with van der Waals surface area (Å²) in [7, 11) is 0. The van der Waals surface area contributed by atoms with E-state index in [2.05, 4.69) is 163 Å². The summed E-state index contributed by atoms with van der Waals surface area (Å²) in [5.41, 5.74) is 11.0. The molecule has 2 aromatic heterocycles. The molecule has 11 rings (SSSR count). The molecule has 0 atom stereocenters. The van der Waals surface area contributed by atoms with E-state index in [-0.39, 0.29) is 0 Å². The number of hydrogen-bond donors (Lipinski definition) is 0. The number of aromatic nitrogens is 3. The van der Waals surface area contributed by atoms with Crippen molar-refractivity contribution in [3.8, 4) is 56.4 Å². The Kier molecular flexibility index (Phi) is 8.99. The quantitative estimate of drug-likeness (QED) is 0.154. The molecule has 0 bridgehead atoms. The summed E-state index contributed by atoms with van der Waals surface area (Å²) in [4.78, 5) is 17.5. The maximum absolute atomic E-state index is 5.10. The number of anilines is 3. The lowest BCUT2D eigenvalue weighted by Crippen LogP contribution is -2.09. The number of para-hydroxylation sites is 1. The molecule has 9 aromatic carbocycles. The van der Waals surface area contributed by atoms with Crippen molar-refractivity contribution in [1.29, 1.82) is 0 Å². The van der Waals surface area contributed by atoms with Crippen LogP contribution in [-0.4, -0.2) is 15.0 Å². The summed E-state index contributed by atoms with van der Waals surface area (Å²) < 4.78 is 2.49. The first-order valence-corrected chi connectivity index (χ1v) is 20.9. The number of rotatable bonds is 8. The van der Waals surface area contributed by atoms with Crippen LogP contribution in [0, 0.1) is 0 Å². The molecule has 0 aliphatic carbocycles. The van der Waals surface area contributed by atoms with E-state index < -0.39 is 0 Å². The van der Waals surface area contributed by atoms with Crippen molar-refractivity contribution in [2.24, 2.45) is 0 Å². The van der Waals surface area contributed by atoms with Crippen molar-refractivity contribution in [3.05, 3.63) is 218 Å². The summed E-state index contributed by atoms with van der Waals surface area (Å²) in [5, 5.41) is 4.74. The molecule has 0 unspecified atom stereocenters. The minimum Gasteiger partial charge on any atom is -0.310 e. The smallest absolute Gasteiger partial charge is 0.164 e. The van der Waals surface area contributed by atoms with E-state index in [1.165, 1.54) is 42.4 Å². The molecular formula is C55H36N4S.